The van der Waals surface area contributed by atoms with E-state index in [0.717, 1.165) is 11.1 Å². The molecule has 2 aromatic heterocycles. The molecule has 0 atom stereocenters. The van der Waals surface area contributed by atoms with Crippen LogP contribution >= 0.6 is 0 Å². The van der Waals surface area contributed by atoms with Crippen LogP contribution in [0.1, 0.15) is 12.5 Å². The fourth-order valence-electron chi connectivity index (χ4n) is 2.05. The Balaban J connectivity index is 1.99. The molecular weight excluding hydrogens is 268 g/mol. The molecule has 21 heavy (non-hydrogen) atoms. The number of aromatic nitrogens is 3. The molecule has 108 valence electrons. The van der Waals surface area contributed by atoms with Crippen molar-refractivity contribution in [3.63, 3.8) is 0 Å². The molecule has 0 aliphatic carbocycles. The Labute approximate surface area is 122 Å². The van der Waals surface area contributed by atoms with Crippen LogP contribution in [0.2, 0.25) is 0 Å². The van der Waals surface area contributed by atoms with Crippen LogP contribution in [0.4, 0.5) is 0 Å². The number of nitrogens with zero attached hydrogens (tertiary/aromatic N) is 3. The monoisotopic (exact) mass is 284 g/mol. The van der Waals surface area contributed by atoms with Crippen LogP contribution in [-0.2, 0) is 6.54 Å². The Kier molecular flexibility index (Phi) is 3.70. The SMILES string of the molecule is CCOc1cc(CN)ccc1Oc1nccn2nccc12. The highest BCUT2D eigenvalue weighted by Gasteiger charge is 2.11. The third kappa shape index (κ3) is 2.66. The number of benzene rings is 1. The third-order valence-electron chi connectivity index (χ3n) is 3.04. The molecule has 0 aliphatic rings. The minimum Gasteiger partial charge on any atom is -0.490 e. The van der Waals surface area contributed by atoms with E-state index in [1.807, 2.05) is 31.2 Å². The number of nitrogens with two attached hydrogens (primary N) is 1. The fourth-order valence-corrected chi connectivity index (χ4v) is 2.05. The molecule has 3 aromatic rings. The maximum absolute atomic E-state index is 5.90. The summed E-state index contributed by atoms with van der Waals surface area (Å²) in [6.45, 7) is 2.93. The second-order valence-corrected chi connectivity index (χ2v) is 4.41. The van der Waals surface area contributed by atoms with E-state index in [-0.39, 0.29) is 0 Å². The van der Waals surface area contributed by atoms with E-state index in [0.29, 0.717) is 30.5 Å². The van der Waals surface area contributed by atoms with Crippen molar-refractivity contribution in [2.24, 2.45) is 5.73 Å². The molecule has 2 heterocycles. The van der Waals surface area contributed by atoms with Gasteiger partial charge in [-0.1, -0.05) is 6.07 Å². The minimum absolute atomic E-state index is 0.455. The highest BCUT2D eigenvalue weighted by molar-refractivity contribution is 5.57. The lowest BCUT2D eigenvalue weighted by Gasteiger charge is -2.12. The smallest absolute Gasteiger partial charge is 0.245 e. The van der Waals surface area contributed by atoms with Crippen LogP contribution in [0.25, 0.3) is 5.52 Å². The Morgan fingerprint density at radius 1 is 1.19 bits per heavy atom. The van der Waals surface area contributed by atoms with Gasteiger partial charge < -0.3 is 15.2 Å². The molecule has 0 fully saturated rings. The van der Waals surface area contributed by atoms with Crippen LogP contribution in [0, 0.1) is 0 Å². The molecule has 0 spiro atoms. The van der Waals surface area contributed by atoms with Crippen molar-refractivity contribution in [1.29, 1.82) is 0 Å². The van der Waals surface area contributed by atoms with Gasteiger partial charge in [0.2, 0.25) is 5.88 Å². The zero-order valence-corrected chi connectivity index (χ0v) is 11.7. The molecule has 0 unspecified atom stereocenters. The first-order valence-electron chi connectivity index (χ1n) is 6.74. The molecule has 1 aromatic carbocycles. The van der Waals surface area contributed by atoms with Crippen molar-refractivity contribution >= 4 is 5.52 Å². The maximum atomic E-state index is 5.90. The zero-order valence-electron chi connectivity index (χ0n) is 11.7. The molecule has 3 rings (SSSR count). The Bertz CT molecular complexity index is 754. The first-order chi connectivity index (χ1) is 10.3. The molecule has 6 nitrogen and oxygen atoms in total. The Morgan fingerprint density at radius 2 is 2.10 bits per heavy atom. The van der Waals surface area contributed by atoms with E-state index >= 15 is 0 Å². The van der Waals surface area contributed by atoms with Crippen LogP contribution in [0.5, 0.6) is 17.4 Å². The van der Waals surface area contributed by atoms with Crippen molar-refractivity contribution in [2.45, 2.75) is 13.5 Å². The zero-order chi connectivity index (χ0) is 14.7. The first kappa shape index (κ1) is 13.4. The quantitative estimate of drug-likeness (QED) is 0.778. The summed E-state index contributed by atoms with van der Waals surface area (Å²) in [6.07, 6.45) is 5.11. The van der Waals surface area contributed by atoms with E-state index in [1.54, 1.807) is 23.1 Å². The lowest BCUT2D eigenvalue weighted by molar-refractivity contribution is 0.319. The summed E-state index contributed by atoms with van der Waals surface area (Å²) in [7, 11) is 0. The van der Waals surface area contributed by atoms with Crippen molar-refractivity contribution in [3.8, 4) is 17.4 Å². The minimum atomic E-state index is 0.455. The number of fused-ring (bicyclic) bond motifs is 1. The molecule has 0 saturated heterocycles. The van der Waals surface area contributed by atoms with Gasteiger partial charge in [-0.05, 0) is 30.7 Å². The van der Waals surface area contributed by atoms with Crippen LogP contribution in [0.15, 0.2) is 42.9 Å². The van der Waals surface area contributed by atoms with E-state index in [4.69, 9.17) is 15.2 Å². The lowest BCUT2D eigenvalue weighted by Crippen LogP contribution is -2.01. The van der Waals surface area contributed by atoms with E-state index in [9.17, 15) is 0 Å². The third-order valence-corrected chi connectivity index (χ3v) is 3.04. The molecule has 6 heteroatoms. The summed E-state index contributed by atoms with van der Waals surface area (Å²) < 4.78 is 13.2. The van der Waals surface area contributed by atoms with Gasteiger partial charge in [0.05, 0.1) is 12.8 Å². The number of rotatable bonds is 5. The second kappa shape index (κ2) is 5.80. The normalized spacial score (nSPS) is 10.8. The van der Waals surface area contributed by atoms with Gasteiger partial charge in [-0.2, -0.15) is 5.10 Å². The molecular formula is C15H16N4O2. The van der Waals surface area contributed by atoms with Gasteiger partial charge in [0, 0.05) is 18.9 Å². The Hall–Kier alpha value is -2.60. The average Bonchev–Trinajstić information content (AvgIpc) is 2.99. The lowest BCUT2D eigenvalue weighted by atomic mass is 10.2. The van der Waals surface area contributed by atoms with E-state index in [1.165, 1.54) is 0 Å². The van der Waals surface area contributed by atoms with Gasteiger partial charge in [-0.15, -0.1) is 0 Å². The van der Waals surface area contributed by atoms with Crippen molar-refractivity contribution < 1.29 is 9.47 Å². The highest BCUT2D eigenvalue weighted by Crippen LogP contribution is 2.33. The maximum Gasteiger partial charge on any atom is 0.245 e. The van der Waals surface area contributed by atoms with Crippen molar-refractivity contribution in [2.75, 3.05) is 6.61 Å². The number of hydrogen-bond acceptors (Lipinski definition) is 5. The van der Waals surface area contributed by atoms with E-state index in [2.05, 4.69) is 10.1 Å². The standard InChI is InChI=1S/C15H16N4O2/c1-2-20-14-9-11(10-16)3-4-13(14)21-15-12-5-6-18-19(12)8-7-17-15/h3-9H,2,10,16H2,1H3. The fraction of sp³-hybridized carbons (Fsp3) is 0.200. The largest absolute Gasteiger partial charge is 0.490 e. The average molecular weight is 284 g/mol. The summed E-state index contributed by atoms with van der Waals surface area (Å²) in [4.78, 5) is 4.25. The topological polar surface area (TPSA) is 74.7 Å². The van der Waals surface area contributed by atoms with Crippen LogP contribution in [-0.4, -0.2) is 21.2 Å². The van der Waals surface area contributed by atoms with Gasteiger partial charge in [0.25, 0.3) is 0 Å². The highest BCUT2D eigenvalue weighted by atomic mass is 16.5. The summed E-state index contributed by atoms with van der Waals surface area (Å²) >= 11 is 0. The molecule has 0 aliphatic heterocycles. The number of ether oxygens (including phenoxy) is 2. The van der Waals surface area contributed by atoms with Crippen molar-refractivity contribution in [1.82, 2.24) is 14.6 Å². The second-order valence-electron chi connectivity index (χ2n) is 4.41. The summed E-state index contributed by atoms with van der Waals surface area (Å²) in [5, 5.41) is 4.16. The number of hydrogen-bond donors (Lipinski definition) is 1. The Morgan fingerprint density at radius 3 is 2.90 bits per heavy atom. The molecule has 0 saturated carbocycles. The predicted molar refractivity (Wildman–Crippen MR) is 78.6 cm³/mol. The van der Waals surface area contributed by atoms with Gasteiger partial charge in [0.1, 0.15) is 5.52 Å². The van der Waals surface area contributed by atoms with Gasteiger partial charge in [-0.3, -0.25) is 0 Å². The molecule has 0 bridgehead atoms. The van der Waals surface area contributed by atoms with Crippen LogP contribution in [0.3, 0.4) is 0 Å². The summed E-state index contributed by atoms with van der Waals surface area (Å²) in [5.74, 6) is 1.75. The predicted octanol–water partition coefficient (Wildman–Crippen LogP) is 2.38. The molecule has 0 amide bonds. The summed E-state index contributed by atoms with van der Waals surface area (Å²) in [5.41, 5.74) is 7.44. The van der Waals surface area contributed by atoms with Gasteiger partial charge in [0.15, 0.2) is 11.5 Å². The first-order valence-corrected chi connectivity index (χ1v) is 6.74. The van der Waals surface area contributed by atoms with Crippen molar-refractivity contribution in [3.05, 3.63) is 48.4 Å². The molecule has 2 N–H and O–H groups in total. The van der Waals surface area contributed by atoms with Gasteiger partial charge in [-0.25, -0.2) is 9.50 Å². The van der Waals surface area contributed by atoms with E-state index < -0.39 is 0 Å². The summed E-state index contributed by atoms with van der Waals surface area (Å²) in [6, 6.07) is 7.48. The van der Waals surface area contributed by atoms with Crippen LogP contribution < -0.4 is 15.2 Å². The van der Waals surface area contributed by atoms with Gasteiger partial charge >= 0.3 is 0 Å². The molecule has 0 radical (unpaired) electrons.